The molecule has 0 aliphatic rings. The predicted octanol–water partition coefficient (Wildman–Crippen LogP) is 12.3. The maximum absolute atomic E-state index is 11.8. The first-order chi connectivity index (χ1) is 18.8. The molecule has 0 aliphatic carbocycles. The van der Waals surface area contributed by atoms with Crippen LogP contribution < -0.4 is 0 Å². The molecule has 0 amide bonds. The number of rotatable bonds is 34. The zero-order chi connectivity index (χ0) is 27.6. The molecule has 0 N–H and O–H groups in total. The fourth-order valence-corrected chi connectivity index (χ4v) is 5.81. The summed E-state index contributed by atoms with van der Waals surface area (Å²) in [7, 11) is 0. The monoisotopic (exact) mass is 559 g/mol. The second kappa shape index (κ2) is 35.1. The summed E-state index contributed by atoms with van der Waals surface area (Å²) in [4.78, 5) is 0. The molecule has 230 valence electrons. The zero-order valence-electron chi connectivity index (χ0n) is 26.3. The molecule has 0 aliphatic heterocycles. The largest absolute Gasteiger partial charge is 0.304 e. The molecular formula is C34H70O3S. The Kier molecular flexibility index (Phi) is 35.2. The first-order valence-corrected chi connectivity index (χ1v) is 18.5. The van der Waals surface area contributed by atoms with E-state index >= 15 is 0 Å². The normalized spacial score (nSPS) is 11.7. The quantitative estimate of drug-likeness (QED) is 0.0737. The van der Waals surface area contributed by atoms with Crippen molar-refractivity contribution in [3.63, 3.8) is 0 Å². The molecule has 0 atom stereocenters. The highest BCUT2D eigenvalue weighted by Gasteiger charge is 2.01. The molecule has 0 heterocycles. The Hall–Kier alpha value is 0.0700. The van der Waals surface area contributed by atoms with Gasteiger partial charge in [0.1, 0.15) is 0 Å². The van der Waals surface area contributed by atoms with Crippen LogP contribution in [0.1, 0.15) is 206 Å². The Labute approximate surface area is 243 Å². The van der Waals surface area contributed by atoms with Gasteiger partial charge in [-0.1, -0.05) is 194 Å². The van der Waals surface area contributed by atoms with E-state index in [2.05, 4.69) is 13.8 Å². The fraction of sp³-hybridized carbons (Fsp3) is 1.00. The molecule has 0 saturated carbocycles. The third-order valence-electron chi connectivity index (χ3n) is 7.85. The van der Waals surface area contributed by atoms with Crippen molar-refractivity contribution in [2.75, 3.05) is 13.2 Å². The van der Waals surface area contributed by atoms with Gasteiger partial charge in [-0.2, -0.15) is 4.21 Å². The van der Waals surface area contributed by atoms with Crippen LogP contribution in [-0.4, -0.2) is 17.4 Å². The molecule has 0 aromatic rings. The van der Waals surface area contributed by atoms with Gasteiger partial charge in [-0.05, 0) is 12.8 Å². The summed E-state index contributed by atoms with van der Waals surface area (Å²) < 4.78 is 22.5. The molecule has 0 bridgehead atoms. The molecule has 0 rings (SSSR count). The molecule has 0 aromatic heterocycles. The van der Waals surface area contributed by atoms with Gasteiger partial charge in [-0.15, -0.1) is 0 Å². The van der Waals surface area contributed by atoms with Gasteiger partial charge in [0.2, 0.25) is 0 Å². The minimum Gasteiger partial charge on any atom is -0.268 e. The van der Waals surface area contributed by atoms with Crippen LogP contribution in [0.15, 0.2) is 0 Å². The van der Waals surface area contributed by atoms with Crippen molar-refractivity contribution in [2.24, 2.45) is 0 Å². The van der Waals surface area contributed by atoms with Crippen LogP contribution in [0.3, 0.4) is 0 Å². The average molecular weight is 559 g/mol. The summed E-state index contributed by atoms with van der Waals surface area (Å²) >= 11 is -1.55. The third kappa shape index (κ3) is 34.1. The molecule has 0 fully saturated rings. The van der Waals surface area contributed by atoms with Gasteiger partial charge >= 0.3 is 11.4 Å². The SMILES string of the molecule is CCCCCCCCCCCCCCCCCOS(=O)OCCCCCCCCCCCCCCCCC. The van der Waals surface area contributed by atoms with E-state index in [-0.39, 0.29) is 0 Å². The molecule has 0 aromatic carbocycles. The Morgan fingerprint density at radius 3 is 0.711 bits per heavy atom. The average Bonchev–Trinajstić information content (AvgIpc) is 2.92. The minimum absolute atomic E-state index is 0.559. The van der Waals surface area contributed by atoms with Gasteiger partial charge in [0, 0.05) is 0 Å². The smallest absolute Gasteiger partial charge is 0.268 e. The van der Waals surface area contributed by atoms with Crippen molar-refractivity contribution in [2.45, 2.75) is 206 Å². The van der Waals surface area contributed by atoms with Crippen molar-refractivity contribution >= 4 is 11.4 Å². The lowest BCUT2D eigenvalue weighted by Crippen LogP contribution is -2.05. The second-order valence-electron chi connectivity index (χ2n) is 11.7. The Balaban J connectivity index is 3.14. The van der Waals surface area contributed by atoms with E-state index in [4.69, 9.17) is 8.37 Å². The van der Waals surface area contributed by atoms with Crippen molar-refractivity contribution in [3.8, 4) is 0 Å². The van der Waals surface area contributed by atoms with Crippen molar-refractivity contribution in [1.29, 1.82) is 0 Å². The van der Waals surface area contributed by atoms with Crippen LogP contribution in [0.25, 0.3) is 0 Å². The van der Waals surface area contributed by atoms with Crippen LogP contribution in [-0.2, 0) is 19.7 Å². The van der Waals surface area contributed by atoms with Crippen LogP contribution in [0, 0.1) is 0 Å². The van der Waals surface area contributed by atoms with E-state index in [0.717, 1.165) is 12.8 Å². The number of unbranched alkanes of at least 4 members (excludes halogenated alkanes) is 28. The lowest BCUT2D eigenvalue weighted by molar-refractivity contribution is 0.240. The third-order valence-corrected chi connectivity index (χ3v) is 8.57. The molecule has 4 heteroatoms. The summed E-state index contributed by atoms with van der Waals surface area (Å²) in [5.41, 5.74) is 0. The standard InChI is InChI=1S/C34H70O3S/c1-3-5-7-9-11-13-15-17-19-21-23-25-27-29-31-33-36-38(35)37-34-32-30-28-26-24-22-20-18-16-14-12-10-8-6-4-2/h3-34H2,1-2H3. The van der Waals surface area contributed by atoms with E-state index in [1.807, 2.05) is 0 Å². The summed E-state index contributed by atoms with van der Waals surface area (Å²) in [6.07, 6.45) is 40.6. The summed E-state index contributed by atoms with van der Waals surface area (Å²) in [5.74, 6) is 0. The zero-order valence-corrected chi connectivity index (χ0v) is 27.1. The first-order valence-electron chi connectivity index (χ1n) is 17.5. The molecule has 38 heavy (non-hydrogen) atoms. The highest BCUT2D eigenvalue weighted by molar-refractivity contribution is 7.75. The Bertz CT molecular complexity index is 405. The van der Waals surface area contributed by atoms with Crippen molar-refractivity contribution in [1.82, 2.24) is 0 Å². The lowest BCUT2D eigenvalue weighted by Gasteiger charge is -2.05. The van der Waals surface area contributed by atoms with Gasteiger partial charge in [-0.25, -0.2) is 0 Å². The number of hydrogen-bond donors (Lipinski definition) is 0. The van der Waals surface area contributed by atoms with E-state index in [1.165, 1.54) is 180 Å². The second-order valence-corrected chi connectivity index (χ2v) is 12.6. The van der Waals surface area contributed by atoms with Crippen LogP contribution in [0.2, 0.25) is 0 Å². The predicted molar refractivity (Wildman–Crippen MR) is 170 cm³/mol. The van der Waals surface area contributed by atoms with Gasteiger partial charge in [0.05, 0.1) is 13.2 Å². The van der Waals surface area contributed by atoms with Crippen LogP contribution in [0.4, 0.5) is 0 Å². The Morgan fingerprint density at radius 2 is 0.500 bits per heavy atom. The maximum atomic E-state index is 11.8. The molecule has 0 saturated heterocycles. The van der Waals surface area contributed by atoms with Crippen LogP contribution >= 0.6 is 0 Å². The van der Waals surface area contributed by atoms with Gasteiger partial charge in [0.25, 0.3) is 0 Å². The molecule has 0 unspecified atom stereocenters. The summed E-state index contributed by atoms with van der Waals surface area (Å²) in [5, 5.41) is 0. The van der Waals surface area contributed by atoms with Crippen molar-refractivity contribution in [3.05, 3.63) is 0 Å². The highest BCUT2D eigenvalue weighted by atomic mass is 32.2. The van der Waals surface area contributed by atoms with Gasteiger partial charge < -0.3 is 0 Å². The summed E-state index contributed by atoms with van der Waals surface area (Å²) in [6, 6.07) is 0. The molecule has 0 radical (unpaired) electrons. The topological polar surface area (TPSA) is 35.5 Å². The van der Waals surface area contributed by atoms with Gasteiger partial charge in [-0.3, -0.25) is 8.37 Å². The van der Waals surface area contributed by atoms with E-state index in [9.17, 15) is 4.21 Å². The Morgan fingerprint density at radius 1 is 0.316 bits per heavy atom. The maximum Gasteiger partial charge on any atom is 0.304 e. The fourth-order valence-electron chi connectivity index (χ4n) is 5.23. The van der Waals surface area contributed by atoms with Gasteiger partial charge in [0.15, 0.2) is 0 Å². The number of hydrogen-bond acceptors (Lipinski definition) is 3. The molecule has 3 nitrogen and oxygen atoms in total. The van der Waals surface area contributed by atoms with E-state index in [0.29, 0.717) is 13.2 Å². The minimum atomic E-state index is -1.55. The van der Waals surface area contributed by atoms with E-state index < -0.39 is 11.4 Å². The molecule has 0 spiro atoms. The van der Waals surface area contributed by atoms with E-state index in [1.54, 1.807) is 0 Å². The van der Waals surface area contributed by atoms with Crippen LogP contribution in [0.5, 0.6) is 0 Å². The van der Waals surface area contributed by atoms with Crippen molar-refractivity contribution < 1.29 is 12.6 Å². The first kappa shape index (κ1) is 38.1. The highest BCUT2D eigenvalue weighted by Crippen LogP contribution is 2.15. The molecular weight excluding hydrogens is 488 g/mol. The summed E-state index contributed by atoms with van der Waals surface area (Å²) in [6.45, 7) is 5.69. The lowest BCUT2D eigenvalue weighted by atomic mass is 10.0.